The molecule has 2 aromatic rings. The highest BCUT2D eigenvalue weighted by molar-refractivity contribution is 7.97. The molecular weight excluding hydrogens is 398 g/mol. The standard InChI is InChI=1S/C23H35N3OS2/c1-23(2,3)25-29-20-15-18(27-14-13-26(4)5)11-12-19(20)21-16-24-22(28-21)17-9-7-6-8-10-17/h11-12,15-17,25H,6-10,13-14H2,1-5H3. The first kappa shape index (κ1) is 22.6. The van der Waals surface area contributed by atoms with E-state index in [0.717, 1.165) is 12.3 Å². The third-order valence-corrected chi connectivity index (χ3v) is 7.44. The van der Waals surface area contributed by atoms with Gasteiger partial charge in [-0.3, -0.25) is 4.72 Å². The summed E-state index contributed by atoms with van der Waals surface area (Å²) in [6.07, 6.45) is 8.71. The van der Waals surface area contributed by atoms with E-state index in [1.54, 1.807) is 11.9 Å². The molecule has 1 fully saturated rings. The fourth-order valence-electron chi connectivity index (χ4n) is 3.39. The molecule has 0 spiro atoms. The Morgan fingerprint density at radius 2 is 1.97 bits per heavy atom. The quantitative estimate of drug-likeness (QED) is 0.502. The summed E-state index contributed by atoms with van der Waals surface area (Å²) in [5, 5.41) is 1.31. The molecule has 1 aliphatic carbocycles. The maximum absolute atomic E-state index is 5.99. The van der Waals surface area contributed by atoms with Gasteiger partial charge in [-0.25, -0.2) is 4.98 Å². The Morgan fingerprint density at radius 1 is 1.21 bits per heavy atom. The van der Waals surface area contributed by atoms with E-state index >= 15 is 0 Å². The maximum Gasteiger partial charge on any atom is 0.120 e. The van der Waals surface area contributed by atoms with Crippen LogP contribution in [0.5, 0.6) is 5.75 Å². The minimum atomic E-state index is 0.0324. The van der Waals surface area contributed by atoms with Crippen molar-refractivity contribution in [1.29, 1.82) is 0 Å². The largest absolute Gasteiger partial charge is 0.492 e. The number of nitrogens with zero attached hydrogens (tertiary/aromatic N) is 2. The second-order valence-electron chi connectivity index (χ2n) is 9.16. The fourth-order valence-corrected chi connectivity index (χ4v) is 5.46. The number of hydrogen-bond donors (Lipinski definition) is 1. The number of hydrogen-bond acceptors (Lipinski definition) is 6. The van der Waals surface area contributed by atoms with E-state index in [1.165, 1.54) is 52.4 Å². The second-order valence-corrected chi connectivity index (χ2v) is 11.1. The molecule has 1 heterocycles. The minimum Gasteiger partial charge on any atom is -0.492 e. The second kappa shape index (κ2) is 10.3. The molecule has 160 valence electrons. The monoisotopic (exact) mass is 433 g/mol. The van der Waals surface area contributed by atoms with Gasteiger partial charge in [0.1, 0.15) is 12.4 Å². The molecule has 0 saturated heterocycles. The average Bonchev–Trinajstić information content (AvgIpc) is 3.16. The number of nitrogens with one attached hydrogen (secondary N) is 1. The number of aromatic nitrogens is 1. The van der Waals surface area contributed by atoms with Crippen LogP contribution in [0.3, 0.4) is 0 Å². The van der Waals surface area contributed by atoms with Crippen LogP contribution in [0.2, 0.25) is 0 Å². The third-order valence-electron chi connectivity index (χ3n) is 4.97. The van der Waals surface area contributed by atoms with Gasteiger partial charge in [-0.05, 0) is 77.9 Å². The molecule has 0 radical (unpaired) electrons. The van der Waals surface area contributed by atoms with Crippen molar-refractivity contribution in [2.45, 2.75) is 69.2 Å². The van der Waals surface area contributed by atoms with Crippen LogP contribution in [0.4, 0.5) is 0 Å². The van der Waals surface area contributed by atoms with Crippen LogP contribution in [0.1, 0.15) is 63.8 Å². The third kappa shape index (κ3) is 6.99. The van der Waals surface area contributed by atoms with Gasteiger partial charge >= 0.3 is 0 Å². The van der Waals surface area contributed by atoms with E-state index in [-0.39, 0.29) is 5.54 Å². The first-order valence-electron chi connectivity index (χ1n) is 10.6. The molecule has 1 aliphatic rings. The van der Waals surface area contributed by atoms with E-state index in [9.17, 15) is 0 Å². The van der Waals surface area contributed by atoms with Gasteiger partial charge < -0.3 is 9.64 Å². The normalized spacial score (nSPS) is 15.8. The van der Waals surface area contributed by atoms with Gasteiger partial charge in [0.15, 0.2) is 0 Å². The van der Waals surface area contributed by atoms with Crippen molar-refractivity contribution in [1.82, 2.24) is 14.6 Å². The van der Waals surface area contributed by atoms with E-state index in [1.807, 2.05) is 11.3 Å². The fraction of sp³-hybridized carbons (Fsp3) is 0.609. The molecular formula is C23H35N3OS2. The van der Waals surface area contributed by atoms with E-state index in [0.29, 0.717) is 12.5 Å². The van der Waals surface area contributed by atoms with Crippen molar-refractivity contribution >= 4 is 23.3 Å². The first-order valence-corrected chi connectivity index (χ1v) is 12.3. The molecule has 1 saturated carbocycles. The number of benzene rings is 1. The highest BCUT2D eigenvalue weighted by Gasteiger charge is 2.20. The molecule has 29 heavy (non-hydrogen) atoms. The van der Waals surface area contributed by atoms with Gasteiger partial charge in [-0.1, -0.05) is 19.3 Å². The maximum atomic E-state index is 5.99. The van der Waals surface area contributed by atoms with E-state index in [4.69, 9.17) is 9.72 Å². The van der Waals surface area contributed by atoms with Crippen molar-refractivity contribution in [2.75, 3.05) is 27.2 Å². The summed E-state index contributed by atoms with van der Waals surface area (Å²) in [7, 11) is 4.13. The summed E-state index contributed by atoms with van der Waals surface area (Å²) in [5.41, 5.74) is 1.27. The summed E-state index contributed by atoms with van der Waals surface area (Å²) in [5.74, 6) is 1.57. The smallest absolute Gasteiger partial charge is 0.120 e. The van der Waals surface area contributed by atoms with Gasteiger partial charge in [0.25, 0.3) is 0 Å². The zero-order valence-electron chi connectivity index (χ0n) is 18.5. The van der Waals surface area contributed by atoms with Gasteiger partial charge in [0.2, 0.25) is 0 Å². The van der Waals surface area contributed by atoms with Crippen LogP contribution >= 0.6 is 23.3 Å². The number of rotatable bonds is 8. The lowest BCUT2D eigenvalue weighted by Gasteiger charge is -2.21. The minimum absolute atomic E-state index is 0.0324. The Hall–Kier alpha value is -1.08. The lowest BCUT2D eigenvalue weighted by atomic mass is 9.90. The Bertz CT molecular complexity index is 777. The molecule has 1 aromatic heterocycles. The highest BCUT2D eigenvalue weighted by Crippen LogP contribution is 2.41. The van der Waals surface area contributed by atoms with Crippen LogP contribution in [0.25, 0.3) is 10.4 Å². The molecule has 3 rings (SSSR count). The average molecular weight is 434 g/mol. The summed E-state index contributed by atoms with van der Waals surface area (Å²) < 4.78 is 9.54. The molecule has 6 heteroatoms. The van der Waals surface area contributed by atoms with Crippen LogP contribution < -0.4 is 9.46 Å². The molecule has 0 amide bonds. The van der Waals surface area contributed by atoms with Crippen molar-refractivity contribution in [3.63, 3.8) is 0 Å². The lowest BCUT2D eigenvalue weighted by molar-refractivity contribution is 0.261. The van der Waals surface area contributed by atoms with E-state index < -0.39 is 0 Å². The van der Waals surface area contributed by atoms with Gasteiger partial charge in [-0.15, -0.1) is 11.3 Å². The summed E-state index contributed by atoms with van der Waals surface area (Å²) >= 11 is 3.55. The Labute approximate surface area is 184 Å². The van der Waals surface area contributed by atoms with Crippen LogP contribution in [0.15, 0.2) is 29.3 Å². The first-order chi connectivity index (χ1) is 13.8. The lowest BCUT2D eigenvalue weighted by Crippen LogP contribution is -2.29. The summed E-state index contributed by atoms with van der Waals surface area (Å²) in [6, 6.07) is 6.44. The predicted octanol–water partition coefficient (Wildman–Crippen LogP) is 6.19. The number of likely N-dealkylation sites (N-methyl/N-ethyl adjacent to an activating group) is 1. The van der Waals surface area contributed by atoms with Crippen molar-refractivity contribution < 1.29 is 4.74 Å². The Kier molecular flexibility index (Phi) is 8.02. The highest BCUT2D eigenvalue weighted by atomic mass is 32.2. The predicted molar refractivity (Wildman–Crippen MR) is 126 cm³/mol. The van der Waals surface area contributed by atoms with Crippen molar-refractivity contribution in [3.05, 3.63) is 29.4 Å². The van der Waals surface area contributed by atoms with Gasteiger partial charge in [0.05, 0.1) is 9.88 Å². The zero-order chi connectivity index (χ0) is 20.9. The van der Waals surface area contributed by atoms with Crippen molar-refractivity contribution in [3.8, 4) is 16.2 Å². The van der Waals surface area contributed by atoms with Crippen LogP contribution in [-0.4, -0.2) is 42.7 Å². The summed E-state index contributed by atoms with van der Waals surface area (Å²) in [4.78, 5) is 9.39. The number of ether oxygens (including phenoxy) is 1. The van der Waals surface area contributed by atoms with Crippen LogP contribution in [-0.2, 0) is 0 Å². The molecule has 1 aromatic carbocycles. The SMILES string of the molecule is CN(C)CCOc1ccc(-c2cnc(C3CCCCC3)s2)c(SNC(C)(C)C)c1. The van der Waals surface area contributed by atoms with Crippen LogP contribution in [0, 0.1) is 0 Å². The Morgan fingerprint density at radius 3 is 2.66 bits per heavy atom. The molecule has 4 nitrogen and oxygen atoms in total. The summed E-state index contributed by atoms with van der Waals surface area (Å²) in [6.45, 7) is 8.15. The molecule has 0 unspecified atom stereocenters. The topological polar surface area (TPSA) is 37.4 Å². The van der Waals surface area contributed by atoms with Gasteiger partial charge in [0, 0.05) is 34.7 Å². The molecule has 0 bridgehead atoms. The van der Waals surface area contributed by atoms with Gasteiger partial charge in [-0.2, -0.15) is 0 Å². The Balaban J connectivity index is 1.81. The zero-order valence-corrected chi connectivity index (χ0v) is 20.1. The van der Waals surface area contributed by atoms with E-state index in [2.05, 4.69) is 68.9 Å². The molecule has 1 N–H and O–H groups in total. The number of thiazole rings is 1. The molecule has 0 atom stereocenters. The van der Waals surface area contributed by atoms with Crippen molar-refractivity contribution in [2.24, 2.45) is 0 Å². The molecule has 0 aliphatic heterocycles.